The Morgan fingerprint density at radius 3 is 2.72 bits per heavy atom. The summed E-state index contributed by atoms with van der Waals surface area (Å²) >= 11 is 0. The highest BCUT2D eigenvalue weighted by Gasteiger charge is 2.37. The van der Waals surface area contributed by atoms with Crippen molar-refractivity contribution in [1.82, 2.24) is 0 Å². The molecule has 1 heterocycles. The van der Waals surface area contributed by atoms with E-state index in [9.17, 15) is 4.79 Å². The van der Waals surface area contributed by atoms with Gasteiger partial charge in [-0.25, -0.2) is 0 Å². The van der Waals surface area contributed by atoms with Crippen molar-refractivity contribution in [1.29, 1.82) is 0 Å². The molecule has 0 N–H and O–H groups in total. The van der Waals surface area contributed by atoms with E-state index in [0.29, 0.717) is 30.9 Å². The Hall–Kier alpha value is -1.71. The first-order valence-corrected chi connectivity index (χ1v) is 6.12. The summed E-state index contributed by atoms with van der Waals surface area (Å²) in [6.45, 7) is 4.41. The summed E-state index contributed by atoms with van der Waals surface area (Å²) in [5, 5.41) is 0. The maximum absolute atomic E-state index is 11.3. The summed E-state index contributed by atoms with van der Waals surface area (Å²) in [5.41, 5.74) is 0.396. The van der Waals surface area contributed by atoms with E-state index in [0.717, 1.165) is 5.56 Å². The number of carbonyl (C=O) groups excluding carboxylic acids is 1. The molecule has 98 valence electrons. The lowest BCUT2D eigenvalue weighted by molar-refractivity contribution is -0.147. The molecular formula is C14H18O4. The molecule has 1 aliphatic rings. The zero-order valence-corrected chi connectivity index (χ0v) is 11.0. The van der Waals surface area contributed by atoms with Crippen LogP contribution in [0.5, 0.6) is 11.5 Å². The molecule has 0 radical (unpaired) electrons. The molecule has 1 atom stereocenters. The first-order valence-electron chi connectivity index (χ1n) is 6.12. The van der Waals surface area contributed by atoms with E-state index < -0.39 is 5.60 Å². The van der Waals surface area contributed by atoms with Crippen LogP contribution in [0.25, 0.3) is 0 Å². The van der Waals surface area contributed by atoms with Crippen molar-refractivity contribution in [2.24, 2.45) is 0 Å². The second-order valence-electron chi connectivity index (χ2n) is 4.50. The lowest BCUT2D eigenvalue weighted by Gasteiger charge is -2.24. The van der Waals surface area contributed by atoms with Gasteiger partial charge in [-0.2, -0.15) is 0 Å². The van der Waals surface area contributed by atoms with E-state index in [4.69, 9.17) is 14.2 Å². The first kappa shape index (κ1) is 12.7. The van der Waals surface area contributed by atoms with E-state index in [2.05, 4.69) is 0 Å². The van der Waals surface area contributed by atoms with Crippen molar-refractivity contribution in [2.45, 2.75) is 32.3 Å². The summed E-state index contributed by atoms with van der Waals surface area (Å²) in [6, 6.07) is 5.65. The number of esters is 1. The quantitative estimate of drug-likeness (QED) is 0.771. The van der Waals surface area contributed by atoms with Crippen LogP contribution in [0.1, 0.15) is 32.3 Å². The van der Waals surface area contributed by atoms with Gasteiger partial charge in [-0.15, -0.1) is 0 Å². The maximum Gasteiger partial charge on any atom is 0.306 e. The van der Waals surface area contributed by atoms with Gasteiger partial charge < -0.3 is 14.2 Å². The second kappa shape index (κ2) is 4.88. The second-order valence-corrected chi connectivity index (χ2v) is 4.50. The molecule has 18 heavy (non-hydrogen) atoms. The van der Waals surface area contributed by atoms with Crippen LogP contribution in [0, 0.1) is 0 Å². The van der Waals surface area contributed by atoms with E-state index in [1.807, 2.05) is 32.0 Å². The van der Waals surface area contributed by atoms with Gasteiger partial charge >= 0.3 is 5.97 Å². The highest BCUT2D eigenvalue weighted by molar-refractivity contribution is 5.72. The van der Waals surface area contributed by atoms with Gasteiger partial charge in [-0.3, -0.25) is 4.79 Å². The maximum atomic E-state index is 11.3. The minimum absolute atomic E-state index is 0.147. The fourth-order valence-electron chi connectivity index (χ4n) is 2.17. The van der Waals surface area contributed by atoms with E-state index >= 15 is 0 Å². The lowest BCUT2D eigenvalue weighted by atomic mass is 9.92. The van der Waals surface area contributed by atoms with Crippen LogP contribution in [0.15, 0.2) is 18.2 Å². The smallest absolute Gasteiger partial charge is 0.306 e. The fraction of sp³-hybridized carbons (Fsp3) is 0.500. The molecule has 0 unspecified atom stereocenters. The molecule has 0 spiro atoms. The Balaban J connectivity index is 2.34. The summed E-state index contributed by atoms with van der Waals surface area (Å²) in [7, 11) is 1.61. The van der Waals surface area contributed by atoms with Crippen molar-refractivity contribution in [3.8, 4) is 11.5 Å². The van der Waals surface area contributed by atoms with Crippen molar-refractivity contribution in [2.75, 3.05) is 13.7 Å². The van der Waals surface area contributed by atoms with Gasteiger partial charge in [-0.1, -0.05) is 6.07 Å². The third kappa shape index (κ3) is 2.28. The predicted octanol–water partition coefficient (Wildman–Crippen LogP) is 2.65. The minimum Gasteiger partial charge on any atom is -0.493 e. The Labute approximate surface area is 107 Å². The van der Waals surface area contributed by atoms with Crippen LogP contribution in [-0.2, 0) is 15.1 Å². The molecule has 1 aromatic carbocycles. The lowest BCUT2D eigenvalue weighted by Crippen LogP contribution is -2.21. The largest absolute Gasteiger partial charge is 0.493 e. The van der Waals surface area contributed by atoms with Crippen molar-refractivity contribution < 1.29 is 19.0 Å². The number of rotatable bonds is 4. The van der Waals surface area contributed by atoms with Crippen LogP contribution in [-0.4, -0.2) is 19.7 Å². The van der Waals surface area contributed by atoms with Gasteiger partial charge in [0, 0.05) is 12.8 Å². The van der Waals surface area contributed by atoms with Crippen LogP contribution in [0.2, 0.25) is 0 Å². The van der Waals surface area contributed by atoms with Crippen molar-refractivity contribution in [3.05, 3.63) is 23.8 Å². The number of ether oxygens (including phenoxy) is 3. The average molecular weight is 250 g/mol. The van der Waals surface area contributed by atoms with E-state index in [1.54, 1.807) is 7.11 Å². The monoisotopic (exact) mass is 250 g/mol. The van der Waals surface area contributed by atoms with Gasteiger partial charge in [0.25, 0.3) is 0 Å². The Kier molecular flexibility index (Phi) is 3.45. The standard InChI is InChI=1S/C14H18O4/c1-4-17-12-9-10(5-6-11(12)16-3)14(2)8-7-13(15)18-14/h5-6,9H,4,7-8H2,1-3H3/t14-/m1/s1. The molecule has 4 nitrogen and oxygen atoms in total. The zero-order chi connectivity index (χ0) is 13.2. The third-order valence-electron chi connectivity index (χ3n) is 3.22. The van der Waals surface area contributed by atoms with Crippen LogP contribution < -0.4 is 9.47 Å². The number of methoxy groups -OCH3 is 1. The molecule has 0 bridgehead atoms. The number of hydrogen-bond donors (Lipinski definition) is 0. The molecule has 0 aromatic heterocycles. The predicted molar refractivity (Wildman–Crippen MR) is 66.8 cm³/mol. The molecule has 0 saturated carbocycles. The minimum atomic E-state index is -0.546. The van der Waals surface area contributed by atoms with Gasteiger partial charge in [0.2, 0.25) is 0 Å². The Bertz CT molecular complexity index is 455. The molecule has 1 fully saturated rings. The van der Waals surface area contributed by atoms with Crippen LogP contribution in [0.4, 0.5) is 0 Å². The third-order valence-corrected chi connectivity index (χ3v) is 3.22. The highest BCUT2D eigenvalue weighted by Crippen LogP contribution is 2.40. The summed E-state index contributed by atoms with van der Waals surface area (Å²) < 4.78 is 16.2. The highest BCUT2D eigenvalue weighted by atomic mass is 16.6. The number of benzene rings is 1. The normalized spacial score (nSPS) is 22.7. The van der Waals surface area contributed by atoms with Gasteiger partial charge in [0.15, 0.2) is 11.5 Å². The molecule has 1 saturated heterocycles. The number of cyclic esters (lactones) is 1. The summed E-state index contributed by atoms with van der Waals surface area (Å²) in [5.74, 6) is 1.22. The molecular weight excluding hydrogens is 232 g/mol. The molecule has 4 heteroatoms. The van der Waals surface area contributed by atoms with Crippen LogP contribution in [0.3, 0.4) is 0 Å². The number of hydrogen-bond acceptors (Lipinski definition) is 4. The van der Waals surface area contributed by atoms with Crippen molar-refractivity contribution >= 4 is 5.97 Å². The SMILES string of the molecule is CCOc1cc([C@@]2(C)CCC(=O)O2)ccc1OC. The Morgan fingerprint density at radius 2 is 2.17 bits per heavy atom. The van der Waals surface area contributed by atoms with Crippen molar-refractivity contribution in [3.63, 3.8) is 0 Å². The zero-order valence-electron chi connectivity index (χ0n) is 11.0. The van der Waals surface area contributed by atoms with Gasteiger partial charge in [0.1, 0.15) is 5.60 Å². The molecule has 1 aromatic rings. The molecule has 1 aliphatic heterocycles. The van der Waals surface area contributed by atoms with Gasteiger partial charge in [-0.05, 0) is 31.5 Å². The first-order chi connectivity index (χ1) is 8.59. The van der Waals surface area contributed by atoms with E-state index in [1.165, 1.54) is 0 Å². The summed E-state index contributed by atoms with van der Waals surface area (Å²) in [4.78, 5) is 11.3. The van der Waals surface area contributed by atoms with Crippen LogP contribution >= 0.6 is 0 Å². The molecule has 2 rings (SSSR count). The fourth-order valence-corrected chi connectivity index (χ4v) is 2.17. The molecule has 0 aliphatic carbocycles. The van der Waals surface area contributed by atoms with E-state index in [-0.39, 0.29) is 5.97 Å². The molecule has 0 amide bonds. The topological polar surface area (TPSA) is 44.8 Å². The Morgan fingerprint density at radius 1 is 1.39 bits per heavy atom. The number of carbonyl (C=O) groups is 1. The summed E-state index contributed by atoms with van der Waals surface area (Å²) in [6.07, 6.45) is 1.16. The van der Waals surface area contributed by atoms with Gasteiger partial charge in [0.05, 0.1) is 13.7 Å². The average Bonchev–Trinajstić information content (AvgIpc) is 2.71.